The Hall–Kier alpha value is -2.08. The fourth-order valence-electron chi connectivity index (χ4n) is 2.39. The Bertz CT molecular complexity index is 749. The Morgan fingerprint density at radius 3 is 2.42 bits per heavy atom. The van der Waals surface area contributed by atoms with E-state index < -0.39 is 11.9 Å². The van der Waals surface area contributed by atoms with Gasteiger partial charge in [0, 0.05) is 16.5 Å². The predicted octanol–water partition coefficient (Wildman–Crippen LogP) is 3.64. The van der Waals surface area contributed by atoms with Gasteiger partial charge in [0.15, 0.2) is 0 Å². The molecule has 1 atom stereocenters. The third kappa shape index (κ3) is 4.71. The lowest BCUT2D eigenvalue weighted by atomic mass is 9.92. The molecule has 2 aromatic rings. The second-order valence-corrected chi connectivity index (χ2v) is 5.56. The quantitative estimate of drug-likeness (QED) is 0.721. The van der Waals surface area contributed by atoms with Gasteiger partial charge in [0.1, 0.15) is 0 Å². The van der Waals surface area contributed by atoms with Crippen molar-refractivity contribution in [3.05, 3.63) is 58.6 Å². The number of rotatable bonds is 6. The topological polar surface area (TPSA) is 101 Å². The first-order valence-electron chi connectivity index (χ1n) is 6.97. The molecule has 2 rings (SSSR count). The molecule has 0 aromatic heterocycles. The van der Waals surface area contributed by atoms with Crippen molar-refractivity contribution < 1.29 is 19.8 Å². The molecular formula is C17H17Cl2NO4. The number of hydrogen-bond acceptors (Lipinski definition) is 3. The Balaban J connectivity index is 0.00000288. The Morgan fingerprint density at radius 2 is 1.83 bits per heavy atom. The number of halogens is 2. The molecule has 0 spiro atoms. The molecule has 0 bridgehead atoms. The maximum absolute atomic E-state index is 11.1. The van der Waals surface area contributed by atoms with E-state index in [1.807, 2.05) is 0 Å². The standard InChI is InChI=1S/C17H16ClNO4.ClH/c18-15-5-4-10(13(9-19)8-16(20)21)7-14(15)11-2-1-3-12(6-11)17(22)23;/h1-7,13H,8-9,19H2,(H,20,21)(H,22,23);1H/t13-;/m0./s1. The van der Waals surface area contributed by atoms with E-state index in [-0.39, 0.29) is 36.9 Å². The van der Waals surface area contributed by atoms with Crippen LogP contribution in [-0.4, -0.2) is 28.7 Å². The first kappa shape index (κ1) is 20.0. The molecule has 0 amide bonds. The number of nitrogens with two attached hydrogens (primary N) is 1. The zero-order valence-electron chi connectivity index (χ0n) is 12.6. The highest BCUT2D eigenvalue weighted by atomic mass is 35.5. The fraction of sp³-hybridized carbons (Fsp3) is 0.176. The van der Waals surface area contributed by atoms with Crippen LogP contribution < -0.4 is 5.73 Å². The minimum absolute atomic E-state index is 0. The van der Waals surface area contributed by atoms with Gasteiger partial charge >= 0.3 is 11.9 Å². The van der Waals surface area contributed by atoms with E-state index in [9.17, 15) is 9.59 Å². The largest absolute Gasteiger partial charge is 0.481 e. The van der Waals surface area contributed by atoms with Gasteiger partial charge in [-0.25, -0.2) is 4.79 Å². The van der Waals surface area contributed by atoms with Gasteiger partial charge in [0.2, 0.25) is 0 Å². The van der Waals surface area contributed by atoms with Crippen LogP contribution in [0.4, 0.5) is 0 Å². The maximum Gasteiger partial charge on any atom is 0.335 e. The van der Waals surface area contributed by atoms with E-state index in [0.29, 0.717) is 16.1 Å². The van der Waals surface area contributed by atoms with Crippen molar-refractivity contribution in [2.75, 3.05) is 6.54 Å². The van der Waals surface area contributed by atoms with Gasteiger partial charge in [-0.3, -0.25) is 4.79 Å². The molecule has 0 aliphatic heterocycles. The van der Waals surface area contributed by atoms with Crippen molar-refractivity contribution >= 4 is 35.9 Å². The van der Waals surface area contributed by atoms with Crippen LogP contribution in [0.5, 0.6) is 0 Å². The third-order valence-electron chi connectivity index (χ3n) is 3.59. The zero-order chi connectivity index (χ0) is 17.0. The summed E-state index contributed by atoms with van der Waals surface area (Å²) in [5, 5.41) is 18.5. The highest BCUT2D eigenvalue weighted by Gasteiger charge is 2.16. The number of carbonyl (C=O) groups is 2. The minimum atomic E-state index is -1.02. The number of hydrogen-bond donors (Lipinski definition) is 3. The second kappa shape index (κ2) is 8.68. The summed E-state index contributed by atoms with van der Waals surface area (Å²) in [5.41, 5.74) is 7.89. The van der Waals surface area contributed by atoms with Crippen LogP contribution >= 0.6 is 24.0 Å². The van der Waals surface area contributed by atoms with Crippen LogP contribution in [0.2, 0.25) is 5.02 Å². The van der Waals surface area contributed by atoms with Crippen LogP contribution in [0.15, 0.2) is 42.5 Å². The van der Waals surface area contributed by atoms with Crippen molar-refractivity contribution in [3.63, 3.8) is 0 Å². The zero-order valence-corrected chi connectivity index (χ0v) is 14.2. The van der Waals surface area contributed by atoms with Crippen molar-refractivity contribution in [2.24, 2.45) is 5.73 Å². The maximum atomic E-state index is 11.1. The Morgan fingerprint density at radius 1 is 1.12 bits per heavy atom. The van der Waals surface area contributed by atoms with Crippen molar-refractivity contribution in [3.8, 4) is 11.1 Å². The minimum Gasteiger partial charge on any atom is -0.481 e. The van der Waals surface area contributed by atoms with Gasteiger partial charge < -0.3 is 15.9 Å². The van der Waals surface area contributed by atoms with Gasteiger partial charge in [0.05, 0.1) is 12.0 Å². The molecule has 128 valence electrons. The third-order valence-corrected chi connectivity index (χ3v) is 3.92. The SMILES string of the molecule is Cl.NC[C@H](CC(=O)O)c1ccc(Cl)c(-c2cccc(C(=O)O)c2)c1. The van der Waals surface area contributed by atoms with Crippen LogP contribution in [0.3, 0.4) is 0 Å². The summed E-state index contributed by atoms with van der Waals surface area (Å²) in [6.07, 6.45) is -0.0766. The van der Waals surface area contributed by atoms with E-state index in [1.165, 1.54) is 12.1 Å². The molecule has 0 saturated heterocycles. The summed E-state index contributed by atoms with van der Waals surface area (Å²) in [6, 6.07) is 11.6. The van der Waals surface area contributed by atoms with Gasteiger partial charge in [0.25, 0.3) is 0 Å². The van der Waals surface area contributed by atoms with Crippen molar-refractivity contribution in [2.45, 2.75) is 12.3 Å². The second-order valence-electron chi connectivity index (χ2n) is 5.16. The number of carboxylic acid groups (broad SMARTS) is 2. The molecule has 0 aliphatic rings. The average molecular weight is 370 g/mol. The summed E-state index contributed by atoms with van der Waals surface area (Å²) >= 11 is 6.22. The molecule has 2 aromatic carbocycles. The molecule has 5 nitrogen and oxygen atoms in total. The van der Waals surface area contributed by atoms with Gasteiger partial charge in [-0.2, -0.15) is 0 Å². The fourth-order valence-corrected chi connectivity index (χ4v) is 2.61. The number of benzene rings is 2. The molecular weight excluding hydrogens is 353 g/mol. The molecule has 0 fully saturated rings. The summed E-state index contributed by atoms with van der Waals surface area (Å²) in [6.45, 7) is 0.197. The molecule has 7 heteroatoms. The molecule has 4 N–H and O–H groups in total. The normalized spacial score (nSPS) is 11.4. The summed E-state index contributed by atoms with van der Waals surface area (Å²) in [7, 11) is 0. The van der Waals surface area contributed by atoms with E-state index in [0.717, 1.165) is 5.56 Å². The van der Waals surface area contributed by atoms with E-state index in [4.69, 9.17) is 27.5 Å². The molecule has 0 heterocycles. The average Bonchev–Trinajstić information content (AvgIpc) is 2.53. The van der Waals surface area contributed by atoms with E-state index in [2.05, 4.69) is 0 Å². The van der Waals surface area contributed by atoms with Gasteiger partial charge in [-0.15, -0.1) is 12.4 Å². The first-order chi connectivity index (χ1) is 10.9. The van der Waals surface area contributed by atoms with Crippen molar-refractivity contribution in [1.29, 1.82) is 0 Å². The number of carboxylic acids is 2. The van der Waals surface area contributed by atoms with Crippen molar-refractivity contribution in [1.82, 2.24) is 0 Å². The van der Waals surface area contributed by atoms with Crippen LogP contribution in [0, 0.1) is 0 Å². The van der Waals surface area contributed by atoms with E-state index in [1.54, 1.807) is 30.3 Å². The lowest BCUT2D eigenvalue weighted by Crippen LogP contribution is -2.16. The molecule has 24 heavy (non-hydrogen) atoms. The van der Waals surface area contributed by atoms with Crippen LogP contribution in [0.1, 0.15) is 28.3 Å². The number of aromatic carboxylic acids is 1. The lowest BCUT2D eigenvalue weighted by Gasteiger charge is -2.15. The number of aliphatic carboxylic acids is 1. The summed E-state index contributed by atoms with van der Waals surface area (Å²) in [5.74, 6) is -2.28. The Kier molecular flexibility index (Phi) is 7.22. The molecule has 0 radical (unpaired) electrons. The smallest absolute Gasteiger partial charge is 0.335 e. The lowest BCUT2D eigenvalue weighted by molar-refractivity contribution is -0.137. The summed E-state index contributed by atoms with van der Waals surface area (Å²) < 4.78 is 0. The molecule has 0 aliphatic carbocycles. The highest BCUT2D eigenvalue weighted by molar-refractivity contribution is 6.33. The highest BCUT2D eigenvalue weighted by Crippen LogP contribution is 2.32. The van der Waals surface area contributed by atoms with Crippen LogP contribution in [-0.2, 0) is 4.79 Å². The molecule has 0 saturated carbocycles. The van der Waals surface area contributed by atoms with E-state index >= 15 is 0 Å². The molecule has 0 unspecified atom stereocenters. The van der Waals surface area contributed by atoms with Crippen LogP contribution in [0.25, 0.3) is 11.1 Å². The monoisotopic (exact) mass is 369 g/mol. The van der Waals surface area contributed by atoms with Gasteiger partial charge in [-0.05, 0) is 41.9 Å². The predicted molar refractivity (Wildman–Crippen MR) is 95.1 cm³/mol. The first-order valence-corrected chi connectivity index (χ1v) is 7.35. The summed E-state index contributed by atoms with van der Waals surface area (Å²) in [4.78, 5) is 22.0. The Labute approximate surface area is 150 Å². The van der Waals surface area contributed by atoms with Gasteiger partial charge in [-0.1, -0.05) is 29.8 Å².